The van der Waals surface area contributed by atoms with Crippen LogP contribution in [0.5, 0.6) is 11.5 Å². The molecule has 10 heteroatoms. The number of primary amides is 1. The van der Waals surface area contributed by atoms with E-state index in [1.807, 2.05) is 6.07 Å². The van der Waals surface area contributed by atoms with Gasteiger partial charge < -0.3 is 25.4 Å². The minimum absolute atomic E-state index is 0.00928. The maximum absolute atomic E-state index is 14.5. The molecule has 2 fully saturated rings. The zero-order chi connectivity index (χ0) is 25.9. The summed E-state index contributed by atoms with van der Waals surface area (Å²) in [6.07, 6.45) is 7.07. The number of aromatic nitrogens is 2. The fourth-order valence-electron chi connectivity index (χ4n) is 5.40. The summed E-state index contributed by atoms with van der Waals surface area (Å²) in [6.45, 7) is 1.84. The number of amides is 1. The highest BCUT2D eigenvalue weighted by atomic mass is 35.5. The van der Waals surface area contributed by atoms with Gasteiger partial charge in [0, 0.05) is 23.4 Å². The van der Waals surface area contributed by atoms with Crippen molar-refractivity contribution in [3.05, 3.63) is 47.5 Å². The Balaban J connectivity index is 1.29. The van der Waals surface area contributed by atoms with E-state index in [1.165, 1.54) is 12.4 Å². The van der Waals surface area contributed by atoms with Gasteiger partial charge in [0.05, 0.1) is 29.4 Å². The lowest BCUT2D eigenvalue weighted by molar-refractivity contribution is -0.123. The lowest BCUT2D eigenvalue weighted by Crippen LogP contribution is -2.46. The Morgan fingerprint density at radius 3 is 2.57 bits per heavy atom. The third kappa shape index (κ3) is 5.57. The molecule has 196 valence electrons. The van der Waals surface area contributed by atoms with Gasteiger partial charge in [-0.3, -0.25) is 4.79 Å². The number of likely N-dealkylation sites (tertiary alicyclic amines) is 1. The molecule has 1 aromatic heterocycles. The number of piperidine rings is 1. The fraction of sp³-hybridized carbons (Fsp3) is 0.444. The molecule has 1 amide bonds. The first-order valence-corrected chi connectivity index (χ1v) is 13.0. The lowest BCUT2D eigenvalue weighted by Gasteiger charge is -2.40. The van der Waals surface area contributed by atoms with E-state index in [0.717, 1.165) is 51.6 Å². The van der Waals surface area contributed by atoms with E-state index in [9.17, 15) is 9.18 Å². The van der Waals surface area contributed by atoms with Crippen molar-refractivity contribution in [2.24, 2.45) is 11.7 Å². The largest absolute Gasteiger partial charge is 0.493 e. The number of hydrogen-bond acceptors (Lipinski definition) is 7. The number of benzene rings is 2. The van der Waals surface area contributed by atoms with Crippen molar-refractivity contribution in [1.29, 1.82) is 0 Å². The molecule has 3 aromatic rings. The Hall–Kier alpha value is -3.17. The zero-order valence-corrected chi connectivity index (χ0v) is 21.5. The van der Waals surface area contributed by atoms with Crippen LogP contribution in [0, 0.1) is 11.7 Å². The summed E-state index contributed by atoms with van der Waals surface area (Å²) >= 11 is 5.94. The van der Waals surface area contributed by atoms with Crippen LogP contribution in [0.15, 0.2) is 36.7 Å². The second-order valence-electron chi connectivity index (χ2n) is 9.73. The second kappa shape index (κ2) is 11.1. The van der Waals surface area contributed by atoms with Crippen molar-refractivity contribution in [2.75, 3.05) is 25.5 Å². The lowest BCUT2D eigenvalue weighted by atomic mass is 9.88. The van der Waals surface area contributed by atoms with Gasteiger partial charge in [0.1, 0.15) is 12.1 Å². The molecule has 0 radical (unpaired) electrons. The average molecular weight is 528 g/mol. The first-order chi connectivity index (χ1) is 17.9. The van der Waals surface area contributed by atoms with Crippen molar-refractivity contribution in [3.8, 4) is 11.5 Å². The minimum atomic E-state index is -0.545. The third-order valence-electron chi connectivity index (χ3n) is 7.51. The van der Waals surface area contributed by atoms with Crippen LogP contribution in [-0.2, 0) is 4.79 Å². The molecule has 1 saturated heterocycles. The number of fused-ring (bicyclic) bond motifs is 1. The topological polar surface area (TPSA) is 103 Å². The molecule has 2 aromatic carbocycles. The van der Waals surface area contributed by atoms with E-state index >= 15 is 0 Å². The minimum Gasteiger partial charge on any atom is -0.493 e. The van der Waals surface area contributed by atoms with Crippen LogP contribution >= 0.6 is 11.6 Å². The van der Waals surface area contributed by atoms with Gasteiger partial charge in [-0.2, -0.15) is 0 Å². The number of halogens is 2. The van der Waals surface area contributed by atoms with Crippen LogP contribution in [-0.4, -0.2) is 53.1 Å². The summed E-state index contributed by atoms with van der Waals surface area (Å²) in [5.41, 5.74) is 6.35. The molecule has 1 aliphatic heterocycles. The summed E-state index contributed by atoms with van der Waals surface area (Å²) < 4.78 is 26.5. The molecule has 0 spiro atoms. The van der Waals surface area contributed by atoms with Gasteiger partial charge in [0.15, 0.2) is 17.3 Å². The fourth-order valence-corrected chi connectivity index (χ4v) is 5.57. The van der Waals surface area contributed by atoms with Crippen LogP contribution in [0.25, 0.3) is 10.9 Å². The van der Waals surface area contributed by atoms with E-state index < -0.39 is 5.82 Å². The monoisotopic (exact) mass is 527 g/mol. The number of carbonyl (C=O) groups is 1. The van der Waals surface area contributed by atoms with E-state index in [4.69, 9.17) is 26.8 Å². The number of ether oxygens (including phenoxy) is 2. The quantitative estimate of drug-likeness (QED) is 0.442. The molecule has 3 N–H and O–H groups in total. The highest BCUT2D eigenvalue weighted by Gasteiger charge is 2.31. The number of carbonyl (C=O) groups excluding carboxylic acids is 1. The Labute approximate surface area is 220 Å². The van der Waals surface area contributed by atoms with Crippen LogP contribution in [0.1, 0.15) is 38.5 Å². The van der Waals surface area contributed by atoms with Gasteiger partial charge in [0.25, 0.3) is 0 Å². The molecule has 0 atom stereocenters. The SMILES string of the molecule is COc1cc2ncnc(Nc3cccc(Cl)c3F)c2cc1O[C@H]1CC[C@@H](N2CCC(C(N)=O)CC2)CC1. The van der Waals surface area contributed by atoms with Crippen LogP contribution in [0.3, 0.4) is 0 Å². The number of nitrogens with two attached hydrogens (primary N) is 1. The van der Waals surface area contributed by atoms with Crippen molar-refractivity contribution in [3.63, 3.8) is 0 Å². The summed E-state index contributed by atoms with van der Waals surface area (Å²) in [4.78, 5) is 22.7. The van der Waals surface area contributed by atoms with Gasteiger partial charge in [-0.1, -0.05) is 17.7 Å². The van der Waals surface area contributed by atoms with E-state index in [-0.39, 0.29) is 28.6 Å². The number of methoxy groups -OCH3 is 1. The normalized spacial score (nSPS) is 21.1. The predicted molar refractivity (Wildman–Crippen MR) is 141 cm³/mol. The summed E-state index contributed by atoms with van der Waals surface area (Å²) in [7, 11) is 1.60. The van der Waals surface area contributed by atoms with Crippen molar-refractivity contribution < 1.29 is 18.7 Å². The summed E-state index contributed by atoms with van der Waals surface area (Å²) in [5, 5.41) is 3.75. The molecule has 1 aliphatic carbocycles. The first kappa shape index (κ1) is 25.5. The highest BCUT2D eigenvalue weighted by molar-refractivity contribution is 6.31. The summed E-state index contributed by atoms with van der Waals surface area (Å²) in [6, 6.07) is 8.93. The predicted octanol–water partition coefficient (Wildman–Crippen LogP) is 5.06. The molecular formula is C27H31ClFN5O3. The Kier molecular flexibility index (Phi) is 7.62. The van der Waals surface area contributed by atoms with Gasteiger partial charge in [-0.05, 0) is 69.8 Å². The molecule has 5 rings (SSSR count). The molecule has 0 bridgehead atoms. The standard InChI is InChI=1S/C27H31ClFN5O3/c1-36-23-14-22-19(27(32-15-31-22)33-21-4-2-3-20(28)25(21)29)13-24(23)37-18-7-5-17(6-8-18)34-11-9-16(10-12-34)26(30)35/h2-4,13-18H,5-12H2,1H3,(H2,30,35)(H,31,32,33)/t17-,18+. The van der Waals surface area contributed by atoms with Crippen LogP contribution < -0.4 is 20.5 Å². The molecule has 2 heterocycles. The molecule has 37 heavy (non-hydrogen) atoms. The van der Waals surface area contributed by atoms with Crippen LogP contribution in [0.2, 0.25) is 5.02 Å². The molecular weight excluding hydrogens is 497 g/mol. The van der Waals surface area contributed by atoms with Crippen molar-refractivity contribution in [1.82, 2.24) is 14.9 Å². The second-order valence-corrected chi connectivity index (χ2v) is 10.1. The van der Waals surface area contributed by atoms with Gasteiger partial charge in [0.2, 0.25) is 5.91 Å². The molecule has 1 saturated carbocycles. The third-order valence-corrected chi connectivity index (χ3v) is 7.80. The van der Waals surface area contributed by atoms with E-state index in [2.05, 4.69) is 20.2 Å². The van der Waals surface area contributed by atoms with Gasteiger partial charge in [-0.25, -0.2) is 14.4 Å². The molecule has 0 unspecified atom stereocenters. The Bertz CT molecular complexity index is 1280. The maximum Gasteiger partial charge on any atom is 0.220 e. The number of rotatable bonds is 7. The number of hydrogen-bond donors (Lipinski definition) is 2. The molecule has 2 aliphatic rings. The van der Waals surface area contributed by atoms with E-state index in [0.29, 0.717) is 34.3 Å². The van der Waals surface area contributed by atoms with E-state index in [1.54, 1.807) is 25.3 Å². The molecule has 8 nitrogen and oxygen atoms in total. The number of nitrogens with one attached hydrogen (secondary N) is 1. The zero-order valence-electron chi connectivity index (χ0n) is 20.8. The Morgan fingerprint density at radius 2 is 1.86 bits per heavy atom. The smallest absolute Gasteiger partial charge is 0.220 e. The van der Waals surface area contributed by atoms with Crippen molar-refractivity contribution in [2.45, 2.75) is 50.7 Å². The first-order valence-electron chi connectivity index (χ1n) is 12.7. The number of nitrogens with zero attached hydrogens (tertiary/aromatic N) is 3. The maximum atomic E-state index is 14.5. The summed E-state index contributed by atoms with van der Waals surface area (Å²) in [5.74, 6) is 0.919. The van der Waals surface area contributed by atoms with Crippen molar-refractivity contribution >= 4 is 39.9 Å². The average Bonchev–Trinajstić information content (AvgIpc) is 2.91. The Morgan fingerprint density at radius 1 is 1.11 bits per heavy atom. The van der Waals surface area contributed by atoms with Gasteiger partial charge >= 0.3 is 0 Å². The highest BCUT2D eigenvalue weighted by Crippen LogP contribution is 2.38. The van der Waals surface area contributed by atoms with Crippen LogP contribution in [0.4, 0.5) is 15.9 Å². The van der Waals surface area contributed by atoms with Gasteiger partial charge in [-0.15, -0.1) is 0 Å². The number of anilines is 2.